The Hall–Kier alpha value is -3.02. The summed E-state index contributed by atoms with van der Waals surface area (Å²) < 4.78 is 21.4. The molecule has 8 heteroatoms. The van der Waals surface area contributed by atoms with Crippen LogP contribution in [0, 0.1) is 17.7 Å². The Kier molecular flexibility index (Phi) is 5.41. The van der Waals surface area contributed by atoms with Crippen LogP contribution in [0.5, 0.6) is 0 Å². The number of aliphatic hydroxyl groups is 1. The first kappa shape index (κ1) is 17.8. The molecule has 0 aliphatic heterocycles. The number of hydrogen-bond donors (Lipinski definition) is 2. The van der Waals surface area contributed by atoms with E-state index in [2.05, 4.69) is 26.8 Å². The fourth-order valence-electron chi connectivity index (χ4n) is 2.71. The van der Waals surface area contributed by atoms with Crippen molar-refractivity contribution in [1.82, 2.24) is 19.5 Å². The second-order valence-corrected chi connectivity index (χ2v) is 5.55. The molecular formula is C18H18FN5O2. The summed E-state index contributed by atoms with van der Waals surface area (Å²) in [4.78, 5) is 12.0. The Morgan fingerprint density at radius 1 is 1.35 bits per heavy atom. The lowest BCUT2D eigenvalue weighted by Crippen LogP contribution is -2.00. The molecule has 0 fully saturated rings. The van der Waals surface area contributed by atoms with Crippen LogP contribution in [0.4, 0.5) is 10.3 Å². The van der Waals surface area contributed by atoms with Gasteiger partial charge >= 0.3 is 0 Å². The summed E-state index contributed by atoms with van der Waals surface area (Å²) in [5.41, 5.74) is 7.64. The van der Waals surface area contributed by atoms with Crippen LogP contribution in [0.1, 0.15) is 12.1 Å². The lowest BCUT2D eigenvalue weighted by molar-refractivity contribution is 0.190. The Morgan fingerprint density at radius 3 is 2.96 bits per heavy atom. The number of nitrogens with two attached hydrogens (primary N) is 1. The highest BCUT2D eigenvalue weighted by atomic mass is 19.1. The number of aromatic nitrogens is 4. The third-order valence-corrected chi connectivity index (χ3v) is 3.83. The van der Waals surface area contributed by atoms with E-state index >= 15 is 0 Å². The quantitative estimate of drug-likeness (QED) is 0.533. The minimum atomic E-state index is -0.560. The zero-order valence-corrected chi connectivity index (χ0v) is 14.2. The van der Waals surface area contributed by atoms with Gasteiger partial charge in [0, 0.05) is 37.4 Å². The fourth-order valence-corrected chi connectivity index (χ4v) is 2.71. The highest BCUT2D eigenvalue weighted by Gasteiger charge is 2.16. The van der Waals surface area contributed by atoms with Crippen LogP contribution in [0.3, 0.4) is 0 Å². The summed E-state index contributed by atoms with van der Waals surface area (Å²) in [5, 5.41) is 9.61. The van der Waals surface area contributed by atoms with Crippen molar-refractivity contribution in [2.24, 2.45) is 0 Å². The van der Waals surface area contributed by atoms with Crippen LogP contribution in [0.25, 0.3) is 22.2 Å². The first-order chi connectivity index (χ1) is 12.6. The number of ether oxygens (including phenoxy) is 1. The molecule has 26 heavy (non-hydrogen) atoms. The first-order valence-corrected chi connectivity index (χ1v) is 8.00. The molecule has 3 aromatic heterocycles. The standard InChI is InChI=1S/C18H18FN5O2/c1-26-7-3-5-24-11-14(17-15(19)9-22-18(20)23-17)13-8-12(4-2-6-25)21-10-16(13)24/h8-11,25H,3,5-7H2,1H3,(H2,20,22,23). The smallest absolute Gasteiger partial charge is 0.220 e. The number of fused-ring (bicyclic) bond motifs is 1. The van der Waals surface area contributed by atoms with Gasteiger partial charge in [-0.25, -0.2) is 19.3 Å². The average Bonchev–Trinajstić information content (AvgIpc) is 3.00. The zero-order chi connectivity index (χ0) is 18.5. The third kappa shape index (κ3) is 3.64. The number of methoxy groups -OCH3 is 1. The molecule has 0 aliphatic rings. The van der Waals surface area contributed by atoms with E-state index in [0.29, 0.717) is 24.4 Å². The van der Waals surface area contributed by atoms with Gasteiger partial charge < -0.3 is 20.1 Å². The lowest BCUT2D eigenvalue weighted by Gasteiger charge is -2.04. The average molecular weight is 355 g/mol. The third-order valence-electron chi connectivity index (χ3n) is 3.83. The van der Waals surface area contributed by atoms with Gasteiger partial charge in [0.1, 0.15) is 18.0 Å². The van der Waals surface area contributed by atoms with E-state index in [1.165, 1.54) is 0 Å². The first-order valence-electron chi connectivity index (χ1n) is 8.00. The van der Waals surface area contributed by atoms with Crippen LogP contribution in [0.15, 0.2) is 24.7 Å². The molecule has 7 nitrogen and oxygen atoms in total. The minimum Gasteiger partial charge on any atom is -0.385 e. The Morgan fingerprint density at radius 2 is 2.19 bits per heavy atom. The molecule has 134 valence electrons. The van der Waals surface area contributed by atoms with E-state index in [9.17, 15) is 4.39 Å². The van der Waals surface area contributed by atoms with Gasteiger partial charge in [0.2, 0.25) is 5.95 Å². The van der Waals surface area contributed by atoms with Crippen molar-refractivity contribution in [3.05, 3.63) is 36.2 Å². The summed E-state index contributed by atoms with van der Waals surface area (Å²) in [6, 6.07) is 1.75. The van der Waals surface area contributed by atoms with Crippen molar-refractivity contribution in [3.8, 4) is 23.1 Å². The van der Waals surface area contributed by atoms with Crippen molar-refractivity contribution >= 4 is 16.9 Å². The van der Waals surface area contributed by atoms with Gasteiger partial charge in [0.25, 0.3) is 0 Å². The largest absolute Gasteiger partial charge is 0.385 e. The van der Waals surface area contributed by atoms with Crippen LogP contribution in [-0.2, 0) is 11.3 Å². The maximum Gasteiger partial charge on any atom is 0.220 e. The van der Waals surface area contributed by atoms with Gasteiger partial charge in [-0.05, 0) is 18.4 Å². The lowest BCUT2D eigenvalue weighted by atomic mass is 10.1. The number of pyridine rings is 1. The van der Waals surface area contributed by atoms with E-state index in [-0.39, 0.29) is 18.2 Å². The van der Waals surface area contributed by atoms with Crippen molar-refractivity contribution in [1.29, 1.82) is 0 Å². The van der Waals surface area contributed by atoms with Gasteiger partial charge in [-0.2, -0.15) is 0 Å². The van der Waals surface area contributed by atoms with E-state index < -0.39 is 5.82 Å². The van der Waals surface area contributed by atoms with Crippen molar-refractivity contribution in [3.63, 3.8) is 0 Å². The summed E-state index contributed by atoms with van der Waals surface area (Å²) in [7, 11) is 1.64. The van der Waals surface area contributed by atoms with E-state index in [4.69, 9.17) is 15.6 Å². The number of nitrogen functional groups attached to an aromatic ring is 1. The molecule has 3 N–H and O–H groups in total. The Labute approximate surface area is 149 Å². The normalized spacial score (nSPS) is 10.7. The second-order valence-electron chi connectivity index (χ2n) is 5.55. The summed E-state index contributed by atoms with van der Waals surface area (Å²) in [6.07, 6.45) is 5.34. The molecule has 0 aliphatic carbocycles. The van der Waals surface area contributed by atoms with Crippen molar-refractivity contribution in [2.45, 2.75) is 13.0 Å². The van der Waals surface area contributed by atoms with E-state index in [1.54, 1.807) is 19.4 Å². The molecule has 3 rings (SSSR count). The Bertz CT molecular complexity index is 990. The van der Waals surface area contributed by atoms with Crippen LogP contribution in [0.2, 0.25) is 0 Å². The number of nitrogens with zero attached hydrogens (tertiary/aromatic N) is 4. The van der Waals surface area contributed by atoms with E-state index in [1.807, 2.05) is 10.8 Å². The number of aliphatic hydroxyl groups excluding tert-OH is 1. The van der Waals surface area contributed by atoms with Crippen molar-refractivity contribution in [2.75, 3.05) is 26.1 Å². The molecule has 0 aromatic carbocycles. The van der Waals surface area contributed by atoms with Crippen LogP contribution in [-0.4, -0.2) is 44.9 Å². The maximum atomic E-state index is 14.3. The van der Waals surface area contributed by atoms with Crippen LogP contribution >= 0.6 is 0 Å². The van der Waals surface area contributed by atoms with Gasteiger partial charge in [0.05, 0.1) is 17.9 Å². The van der Waals surface area contributed by atoms with Gasteiger partial charge in [0.15, 0.2) is 5.82 Å². The molecule has 0 saturated carbocycles. The monoisotopic (exact) mass is 355 g/mol. The van der Waals surface area contributed by atoms with Gasteiger partial charge in [-0.15, -0.1) is 0 Å². The second kappa shape index (κ2) is 7.91. The number of rotatable bonds is 5. The fraction of sp³-hybridized carbons (Fsp3) is 0.278. The number of aryl methyl sites for hydroxylation is 1. The van der Waals surface area contributed by atoms with Gasteiger partial charge in [-0.3, -0.25) is 0 Å². The van der Waals surface area contributed by atoms with Gasteiger partial charge in [-0.1, -0.05) is 5.92 Å². The predicted octanol–water partition coefficient (Wildman–Crippen LogP) is 1.59. The van der Waals surface area contributed by atoms with Crippen molar-refractivity contribution < 1.29 is 14.2 Å². The minimum absolute atomic E-state index is 0.00367. The molecule has 0 atom stereocenters. The van der Waals surface area contributed by atoms with Crippen LogP contribution < -0.4 is 5.73 Å². The molecule has 0 radical (unpaired) electrons. The highest BCUT2D eigenvalue weighted by molar-refractivity contribution is 5.95. The molecule has 0 unspecified atom stereocenters. The topological polar surface area (TPSA) is 99.1 Å². The summed E-state index contributed by atoms with van der Waals surface area (Å²) in [6.45, 7) is 1.02. The summed E-state index contributed by atoms with van der Waals surface area (Å²) in [5.74, 6) is 4.75. The molecule has 0 bridgehead atoms. The molecule has 3 heterocycles. The number of anilines is 1. The number of halogens is 1. The summed E-state index contributed by atoms with van der Waals surface area (Å²) >= 11 is 0. The molecule has 0 saturated heterocycles. The maximum absolute atomic E-state index is 14.3. The SMILES string of the molecule is COCCCn1cc(-c2nc(N)ncc2F)c2cc(C#CCO)ncc21. The zero-order valence-electron chi connectivity index (χ0n) is 14.2. The molecule has 0 amide bonds. The molecular weight excluding hydrogens is 337 g/mol. The molecule has 0 spiro atoms. The highest BCUT2D eigenvalue weighted by Crippen LogP contribution is 2.31. The Balaban J connectivity index is 2.17. The van der Waals surface area contributed by atoms with E-state index in [0.717, 1.165) is 23.5 Å². The predicted molar refractivity (Wildman–Crippen MR) is 95.6 cm³/mol. The molecule has 3 aromatic rings. The number of hydrogen-bond acceptors (Lipinski definition) is 6.